The van der Waals surface area contributed by atoms with E-state index < -0.39 is 0 Å². The second-order valence-corrected chi connectivity index (χ2v) is 7.01. The zero-order chi connectivity index (χ0) is 20.8. The van der Waals surface area contributed by atoms with Crippen LogP contribution in [-0.4, -0.2) is 16.0 Å². The molecule has 0 aliphatic rings. The lowest BCUT2D eigenvalue weighted by atomic mass is 10.0. The lowest BCUT2D eigenvalue weighted by Gasteiger charge is -2.08. The summed E-state index contributed by atoms with van der Waals surface area (Å²) in [7, 11) is 0. The van der Waals surface area contributed by atoms with Crippen LogP contribution in [0.5, 0.6) is 0 Å². The Kier molecular flexibility index (Phi) is 5.99. The minimum absolute atomic E-state index is 0.0668. The van der Waals surface area contributed by atoms with Crippen LogP contribution in [0.1, 0.15) is 24.8 Å². The highest BCUT2D eigenvalue weighted by molar-refractivity contribution is 5.91. The molecule has 0 saturated carbocycles. The summed E-state index contributed by atoms with van der Waals surface area (Å²) in [6.07, 6.45) is 1.55. The van der Waals surface area contributed by atoms with Crippen molar-refractivity contribution in [1.29, 1.82) is 0 Å². The van der Waals surface area contributed by atoms with E-state index in [1.54, 1.807) is 0 Å². The third-order valence-corrected chi connectivity index (χ3v) is 4.96. The van der Waals surface area contributed by atoms with Crippen LogP contribution < -0.4 is 5.32 Å². The molecule has 0 bridgehead atoms. The Hall–Kier alpha value is -3.73. The Bertz CT molecular complexity index is 1120. The largest absolute Gasteiger partial charge is 0.339 e. The molecule has 5 heteroatoms. The first-order valence-corrected chi connectivity index (χ1v) is 10.1. The maximum Gasteiger partial charge on any atom is 0.227 e. The number of nitrogens with one attached hydrogen (secondary N) is 1. The summed E-state index contributed by atoms with van der Waals surface area (Å²) in [5, 5.41) is 7.02. The van der Waals surface area contributed by atoms with Crippen LogP contribution in [0.4, 0.5) is 5.69 Å². The number of hydrogen-bond acceptors (Lipinski definition) is 4. The van der Waals surface area contributed by atoms with Gasteiger partial charge in [-0.3, -0.25) is 4.79 Å². The summed E-state index contributed by atoms with van der Waals surface area (Å²) < 4.78 is 5.34. The number of aromatic nitrogens is 2. The molecule has 4 rings (SSSR count). The van der Waals surface area contributed by atoms with E-state index in [2.05, 4.69) is 34.5 Å². The number of hydrogen-bond donors (Lipinski definition) is 1. The first-order chi connectivity index (χ1) is 14.7. The quantitative estimate of drug-likeness (QED) is 0.445. The predicted molar refractivity (Wildman–Crippen MR) is 118 cm³/mol. The standard InChI is InChI=1S/C25H23N3O2/c1-2-18-8-6-7-11-22(18)26-23(29)16-17-24-27-25(28-30-24)21-14-12-20(13-15-21)19-9-4-3-5-10-19/h3-15H,2,16-17H2,1H3,(H,26,29). The van der Waals surface area contributed by atoms with Gasteiger partial charge < -0.3 is 9.84 Å². The van der Waals surface area contributed by atoms with Gasteiger partial charge in [0.2, 0.25) is 17.6 Å². The van der Waals surface area contributed by atoms with Gasteiger partial charge in [-0.1, -0.05) is 84.9 Å². The first-order valence-electron chi connectivity index (χ1n) is 10.1. The highest BCUT2D eigenvalue weighted by atomic mass is 16.5. The molecule has 0 aliphatic heterocycles. The van der Waals surface area contributed by atoms with Gasteiger partial charge in [-0.05, 0) is 29.2 Å². The summed E-state index contributed by atoms with van der Waals surface area (Å²) in [5.74, 6) is 0.917. The molecule has 0 fully saturated rings. The van der Waals surface area contributed by atoms with Gasteiger partial charge in [0, 0.05) is 24.1 Å². The van der Waals surface area contributed by atoms with E-state index in [1.165, 1.54) is 0 Å². The number of carbonyl (C=O) groups is 1. The van der Waals surface area contributed by atoms with Crippen LogP contribution >= 0.6 is 0 Å². The van der Waals surface area contributed by atoms with Crippen molar-refractivity contribution in [2.75, 3.05) is 5.32 Å². The molecule has 0 atom stereocenters. The molecule has 150 valence electrons. The number of carbonyl (C=O) groups excluding carboxylic acids is 1. The van der Waals surface area contributed by atoms with Crippen LogP contribution in [-0.2, 0) is 17.6 Å². The van der Waals surface area contributed by atoms with Gasteiger partial charge in [0.05, 0.1) is 0 Å². The molecule has 1 amide bonds. The van der Waals surface area contributed by atoms with Gasteiger partial charge in [-0.15, -0.1) is 0 Å². The lowest BCUT2D eigenvalue weighted by molar-refractivity contribution is -0.116. The Morgan fingerprint density at radius 3 is 2.30 bits per heavy atom. The molecule has 3 aromatic carbocycles. The Morgan fingerprint density at radius 1 is 0.867 bits per heavy atom. The average Bonchev–Trinajstić information content (AvgIpc) is 3.28. The second kappa shape index (κ2) is 9.18. The topological polar surface area (TPSA) is 68.0 Å². The molecule has 0 unspecified atom stereocenters. The number of para-hydroxylation sites is 1. The first kappa shape index (κ1) is 19.6. The van der Waals surface area contributed by atoms with Gasteiger partial charge in [0.25, 0.3) is 0 Å². The maximum absolute atomic E-state index is 12.3. The zero-order valence-corrected chi connectivity index (χ0v) is 16.8. The molecule has 1 N–H and O–H groups in total. The number of aryl methyl sites for hydroxylation is 2. The molecule has 30 heavy (non-hydrogen) atoms. The zero-order valence-electron chi connectivity index (χ0n) is 16.8. The van der Waals surface area contributed by atoms with Gasteiger partial charge in [0.15, 0.2) is 0 Å². The summed E-state index contributed by atoms with van der Waals surface area (Å²) >= 11 is 0. The Balaban J connectivity index is 1.37. The predicted octanol–water partition coefficient (Wildman–Crippen LogP) is 5.54. The molecule has 0 aliphatic carbocycles. The van der Waals surface area contributed by atoms with Gasteiger partial charge in [0.1, 0.15) is 0 Å². The van der Waals surface area contributed by atoms with Crippen LogP contribution in [0.3, 0.4) is 0 Å². The summed E-state index contributed by atoms with van der Waals surface area (Å²) in [6, 6.07) is 26.1. The van der Waals surface area contributed by atoms with E-state index >= 15 is 0 Å². The van der Waals surface area contributed by atoms with Crippen molar-refractivity contribution in [3.63, 3.8) is 0 Å². The number of anilines is 1. The Morgan fingerprint density at radius 2 is 1.53 bits per heavy atom. The summed E-state index contributed by atoms with van der Waals surface area (Å²) in [4.78, 5) is 16.7. The van der Waals surface area contributed by atoms with Crippen molar-refractivity contribution in [3.05, 3.63) is 90.3 Å². The molecule has 5 nitrogen and oxygen atoms in total. The molecule has 1 heterocycles. The van der Waals surface area contributed by atoms with E-state index in [0.29, 0.717) is 18.1 Å². The highest BCUT2D eigenvalue weighted by Crippen LogP contribution is 2.23. The van der Waals surface area contributed by atoms with Crippen molar-refractivity contribution in [1.82, 2.24) is 10.1 Å². The van der Waals surface area contributed by atoms with E-state index in [9.17, 15) is 4.79 Å². The fourth-order valence-corrected chi connectivity index (χ4v) is 3.30. The van der Waals surface area contributed by atoms with Crippen LogP contribution in [0, 0.1) is 0 Å². The molecule has 0 spiro atoms. The SMILES string of the molecule is CCc1ccccc1NC(=O)CCc1nc(-c2ccc(-c3ccccc3)cc2)no1. The Labute approximate surface area is 175 Å². The monoisotopic (exact) mass is 397 g/mol. The smallest absolute Gasteiger partial charge is 0.227 e. The fraction of sp³-hybridized carbons (Fsp3) is 0.160. The van der Waals surface area contributed by atoms with E-state index in [0.717, 1.165) is 34.4 Å². The van der Waals surface area contributed by atoms with Crippen molar-refractivity contribution < 1.29 is 9.32 Å². The molecule has 4 aromatic rings. The average molecular weight is 397 g/mol. The molecule has 1 aromatic heterocycles. The maximum atomic E-state index is 12.3. The molecular formula is C25H23N3O2. The van der Waals surface area contributed by atoms with Crippen molar-refractivity contribution in [2.24, 2.45) is 0 Å². The van der Waals surface area contributed by atoms with E-state index in [-0.39, 0.29) is 12.3 Å². The number of amides is 1. The molecule has 0 saturated heterocycles. The second-order valence-electron chi connectivity index (χ2n) is 7.01. The van der Waals surface area contributed by atoms with Gasteiger partial charge in [-0.25, -0.2) is 0 Å². The third-order valence-electron chi connectivity index (χ3n) is 4.96. The van der Waals surface area contributed by atoms with Crippen molar-refractivity contribution >= 4 is 11.6 Å². The normalized spacial score (nSPS) is 10.7. The van der Waals surface area contributed by atoms with E-state index in [1.807, 2.05) is 66.7 Å². The summed E-state index contributed by atoms with van der Waals surface area (Å²) in [6.45, 7) is 2.07. The fourth-order valence-electron chi connectivity index (χ4n) is 3.30. The van der Waals surface area contributed by atoms with Crippen molar-refractivity contribution in [3.8, 4) is 22.5 Å². The van der Waals surface area contributed by atoms with Crippen LogP contribution in [0.25, 0.3) is 22.5 Å². The number of rotatable bonds is 7. The number of nitrogens with zero attached hydrogens (tertiary/aromatic N) is 2. The molecular weight excluding hydrogens is 374 g/mol. The number of benzene rings is 3. The van der Waals surface area contributed by atoms with E-state index in [4.69, 9.17) is 4.52 Å². The third kappa shape index (κ3) is 4.63. The van der Waals surface area contributed by atoms with Gasteiger partial charge >= 0.3 is 0 Å². The minimum atomic E-state index is -0.0668. The van der Waals surface area contributed by atoms with Crippen LogP contribution in [0.15, 0.2) is 83.4 Å². The van der Waals surface area contributed by atoms with Crippen molar-refractivity contribution in [2.45, 2.75) is 26.2 Å². The summed E-state index contributed by atoms with van der Waals surface area (Å²) in [5.41, 5.74) is 5.14. The minimum Gasteiger partial charge on any atom is -0.339 e. The molecule has 0 radical (unpaired) electrons. The van der Waals surface area contributed by atoms with Crippen LogP contribution in [0.2, 0.25) is 0 Å². The lowest BCUT2D eigenvalue weighted by Crippen LogP contribution is -2.13. The van der Waals surface area contributed by atoms with Gasteiger partial charge in [-0.2, -0.15) is 4.98 Å². The highest BCUT2D eigenvalue weighted by Gasteiger charge is 2.12.